The molecule has 1 rings (SSSR count). The molecule has 0 amide bonds. The number of hydrogen-bond acceptors (Lipinski definition) is 3. The normalized spacial score (nSPS) is 9.95. The molecule has 0 saturated heterocycles. The van der Waals surface area contributed by atoms with Gasteiger partial charge in [0.15, 0.2) is 11.1 Å². The number of guanidine groups is 1. The molecule has 0 aliphatic carbocycles. The van der Waals surface area contributed by atoms with Gasteiger partial charge in [-0.1, -0.05) is 19.4 Å². The van der Waals surface area contributed by atoms with Crippen molar-refractivity contribution in [1.29, 1.82) is 5.41 Å². The molecule has 0 atom stereocenters. The summed E-state index contributed by atoms with van der Waals surface area (Å²) < 4.78 is 0. The number of hydrogen-bond donors (Lipinski definition) is 3. The van der Waals surface area contributed by atoms with Crippen molar-refractivity contribution in [2.75, 3.05) is 13.1 Å². The molecule has 0 bridgehead atoms. The highest BCUT2D eigenvalue weighted by molar-refractivity contribution is 7.80. The summed E-state index contributed by atoms with van der Waals surface area (Å²) in [5, 5.41) is 11.2. The van der Waals surface area contributed by atoms with Gasteiger partial charge in [0, 0.05) is 25.5 Å². The Balaban J connectivity index is 2.48. The van der Waals surface area contributed by atoms with Gasteiger partial charge in [-0.25, -0.2) is 0 Å². The van der Waals surface area contributed by atoms with Crippen LogP contribution in [0.25, 0.3) is 0 Å². The molecule has 0 saturated carbocycles. The molecular formula is C13H21N5S. The summed E-state index contributed by atoms with van der Waals surface area (Å²) in [7, 11) is 0. The van der Waals surface area contributed by atoms with E-state index in [9.17, 15) is 0 Å². The van der Waals surface area contributed by atoms with Gasteiger partial charge in [-0.2, -0.15) is 0 Å². The second-order valence-corrected chi connectivity index (χ2v) is 4.62. The monoisotopic (exact) mass is 279 g/mol. The number of thiocarbonyl (C=S) groups is 1. The second-order valence-electron chi connectivity index (χ2n) is 4.23. The van der Waals surface area contributed by atoms with E-state index in [-0.39, 0.29) is 5.96 Å². The fourth-order valence-electron chi connectivity index (χ4n) is 1.59. The predicted molar refractivity (Wildman–Crippen MR) is 82.1 cm³/mol. The summed E-state index contributed by atoms with van der Waals surface area (Å²) in [6.45, 7) is 3.51. The van der Waals surface area contributed by atoms with Crippen molar-refractivity contribution in [2.45, 2.75) is 26.2 Å². The topological polar surface area (TPSA) is 78.0 Å². The smallest absolute Gasteiger partial charge is 0.194 e. The van der Waals surface area contributed by atoms with Gasteiger partial charge in [-0.3, -0.25) is 15.3 Å². The van der Waals surface area contributed by atoms with E-state index in [4.69, 9.17) is 23.4 Å². The van der Waals surface area contributed by atoms with Gasteiger partial charge in [0.1, 0.15) is 0 Å². The Hall–Kier alpha value is -1.69. The SMILES string of the molecule is CCCCNC(=S)N(CCc1cccnc1)C(=N)N. The summed E-state index contributed by atoms with van der Waals surface area (Å²) in [5.41, 5.74) is 6.67. The second kappa shape index (κ2) is 8.42. The molecule has 0 radical (unpaired) electrons. The standard InChI is InChI=1S/C13H21N5S/c1-2-3-8-17-13(19)18(12(14)15)9-6-11-5-4-7-16-10-11/h4-5,7,10H,2-3,6,8-9H2,1H3,(H3,14,15)(H,17,19). The summed E-state index contributed by atoms with van der Waals surface area (Å²) in [4.78, 5) is 5.67. The van der Waals surface area contributed by atoms with Gasteiger partial charge in [0.25, 0.3) is 0 Å². The lowest BCUT2D eigenvalue weighted by atomic mass is 10.2. The quantitative estimate of drug-likeness (QED) is 0.318. The van der Waals surface area contributed by atoms with E-state index in [1.54, 1.807) is 11.1 Å². The van der Waals surface area contributed by atoms with E-state index in [1.165, 1.54) is 0 Å². The van der Waals surface area contributed by atoms with E-state index >= 15 is 0 Å². The van der Waals surface area contributed by atoms with E-state index in [0.29, 0.717) is 11.7 Å². The van der Waals surface area contributed by atoms with Crippen LogP contribution in [0.4, 0.5) is 0 Å². The summed E-state index contributed by atoms with van der Waals surface area (Å²) in [6, 6.07) is 3.89. The highest BCUT2D eigenvalue weighted by Crippen LogP contribution is 2.00. The molecule has 104 valence electrons. The van der Waals surface area contributed by atoms with Gasteiger partial charge in [0.05, 0.1) is 0 Å². The third-order valence-corrected chi connectivity index (χ3v) is 3.05. The molecule has 0 aliphatic rings. The molecule has 1 heterocycles. The van der Waals surface area contributed by atoms with E-state index in [2.05, 4.69) is 17.2 Å². The lowest BCUT2D eigenvalue weighted by molar-refractivity contribution is 0.574. The summed E-state index contributed by atoms with van der Waals surface area (Å²) in [6.07, 6.45) is 6.46. The van der Waals surface area contributed by atoms with Crippen molar-refractivity contribution in [3.8, 4) is 0 Å². The molecule has 19 heavy (non-hydrogen) atoms. The van der Waals surface area contributed by atoms with E-state index in [1.807, 2.05) is 18.3 Å². The number of aromatic nitrogens is 1. The number of rotatable bonds is 6. The van der Waals surface area contributed by atoms with Crippen LogP contribution in [0.2, 0.25) is 0 Å². The average molecular weight is 279 g/mol. The number of unbranched alkanes of at least 4 members (excludes halogenated alkanes) is 1. The van der Waals surface area contributed by atoms with Crippen LogP contribution in [0.15, 0.2) is 24.5 Å². The molecule has 0 unspecified atom stereocenters. The zero-order valence-electron chi connectivity index (χ0n) is 11.2. The van der Waals surface area contributed by atoms with Crippen molar-refractivity contribution < 1.29 is 0 Å². The summed E-state index contributed by atoms with van der Waals surface area (Å²) >= 11 is 5.26. The third kappa shape index (κ3) is 5.65. The first kappa shape index (κ1) is 15.4. The van der Waals surface area contributed by atoms with Crippen molar-refractivity contribution in [3.05, 3.63) is 30.1 Å². The number of pyridine rings is 1. The van der Waals surface area contributed by atoms with Gasteiger partial charge in [-0.05, 0) is 36.7 Å². The zero-order chi connectivity index (χ0) is 14.1. The average Bonchev–Trinajstić information content (AvgIpc) is 2.40. The molecular weight excluding hydrogens is 258 g/mol. The van der Waals surface area contributed by atoms with Gasteiger partial charge >= 0.3 is 0 Å². The molecule has 1 aromatic heterocycles. The molecule has 6 heteroatoms. The maximum absolute atomic E-state index is 7.59. The van der Waals surface area contributed by atoms with Crippen molar-refractivity contribution in [2.24, 2.45) is 5.73 Å². The van der Waals surface area contributed by atoms with Crippen LogP contribution < -0.4 is 11.1 Å². The maximum atomic E-state index is 7.59. The van der Waals surface area contributed by atoms with E-state index in [0.717, 1.165) is 31.4 Å². The molecule has 0 fully saturated rings. The molecule has 0 spiro atoms. The zero-order valence-corrected chi connectivity index (χ0v) is 12.0. The molecule has 5 nitrogen and oxygen atoms in total. The van der Waals surface area contributed by atoms with Crippen molar-refractivity contribution in [1.82, 2.24) is 15.2 Å². The first-order valence-electron chi connectivity index (χ1n) is 6.43. The van der Waals surface area contributed by atoms with Crippen LogP contribution in [-0.2, 0) is 6.42 Å². The minimum absolute atomic E-state index is 0.0297. The predicted octanol–water partition coefficient (Wildman–Crippen LogP) is 1.49. The number of nitrogens with one attached hydrogen (secondary N) is 2. The lowest BCUT2D eigenvalue weighted by Gasteiger charge is -2.23. The maximum Gasteiger partial charge on any atom is 0.194 e. The van der Waals surface area contributed by atoms with Gasteiger partial charge in [-0.15, -0.1) is 0 Å². The highest BCUT2D eigenvalue weighted by Gasteiger charge is 2.11. The summed E-state index contributed by atoms with van der Waals surface area (Å²) in [5.74, 6) is -0.0297. The Bertz CT molecular complexity index is 407. The highest BCUT2D eigenvalue weighted by atomic mass is 32.1. The minimum atomic E-state index is -0.0297. The van der Waals surface area contributed by atoms with Crippen molar-refractivity contribution in [3.63, 3.8) is 0 Å². The minimum Gasteiger partial charge on any atom is -0.370 e. The van der Waals surface area contributed by atoms with E-state index < -0.39 is 0 Å². The molecule has 4 N–H and O–H groups in total. The van der Waals surface area contributed by atoms with Gasteiger partial charge in [0.2, 0.25) is 0 Å². The van der Waals surface area contributed by atoms with Crippen LogP contribution in [-0.4, -0.2) is 34.0 Å². The molecule has 0 aliphatic heterocycles. The molecule has 0 aromatic carbocycles. The Kier molecular flexibility index (Phi) is 6.81. The Labute approximate surface area is 119 Å². The van der Waals surface area contributed by atoms with Crippen LogP contribution in [0, 0.1) is 5.41 Å². The Morgan fingerprint density at radius 1 is 1.58 bits per heavy atom. The fraction of sp³-hybridized carbons (Fsp3) is 0.462. The van der Waals surface area contributed by atoms with Crippen LogP contribution >= 0.6 is 12.2 Å². The first-order chi connectivity index (χ1) is 9.15. The lowest BCUT2D eigenvalue weighted by Crippen LogP contribution is -2.47. The van der Waals surface area contributed by atoms with Crippen LogP contribution in [0.3, 0.4) is 0 Å². The van der Waals surface area contributed by atoms with Crippen LogP contribution in [0.1, 0.15) is 25.3 Å². The Morgan fingerprint density at radius 3 is 2.95 bits per heavy atom. The van der Waals surface area contributed by atoms with Crippen LogP contribution in [0.5, 0.6) is 0 Å². The number of nitrogens with two attached hydrogens (primary N) is 1. The largest absolute Gasteiger partial charge is 0.370 e. The third-order valence-electron chi connectivity index (χ3n) is 2.69. The number of nitrogens with zero attached hydrogens (tertiary/aromatic N) is 2. The van der Waals surface area contributed by atoms with Crippen molar-refractivity contribution >= 4 is 23.3 Å². The Morgan fingerprint density at radius 2 is 2.37 bits per heavy atom. The fourth-order valence-corrected chi connectivity index (χ4v) is 1.88. The van der Waals surface area contributed by atoms with Gasteiger partial charge < -0.3 is 11.1 Å². The first-order valence-corrected chi connectivity index (χ1v) is 6.84. The molecule has 1 aromatic rings.